The average Bonchev–Trinajstić information content (AvgIpc) is 3.03. The van der Waals surface area contributed by atoms with Crippen LogP contribution < -0.4 is 9.61 Å². The van der Waals surface area contributed by atoms with Gasteiger partial charge in [0.05, 0.1) is 15.8 Å². The molecule has 0 saturated carbocycles. The molecule has 6 nitrogen and oxygen atoms in total. The lowest BCUT2D eigenvalue weighted by Gasteiger charge is -2.38. The van der Waals surface area contributed by atoms with Gasteiger partial charge in [-0.05, 0) is 18.2 Å². The molecule has 2 aliphatic rings. The minimum absolute atomic E-state index is 0.204. The molecule has 2 aromatic carbocycles. The molecule has 140 valence electrons. The van der Waals surface area contributed by atoms with Gasteiger partial charge >= 0.3 is 16.8 Å². The number of thioether (sulfide) groups is 1. The summed E-state index contributed by atoms with van der Waals surface area (Å²) >= 11 is 2.08. The summed E-state index contributed by atoms with van der Waals surface area (Å²) in [6.07, 6.45) is 0. The van der Waals surface area contributed by atoms with E-state index in [1.165, 1.54) is 0 Å². The van der Waals surface area contributed by atoms with E-state index in [0.717, 1.165) is 28.7 Å². The van der Waals surface area contributed by atoms with Crippen molar-refractivity contribution in [3.05, 3.63) is 75.5 Å². The van der Waals surface area contributed by atoms with Crippen LogP contribution in [0.2, 0.25) is 0 Å². The molecule has 0 fully saturated rings. The number of para-hydroxylation sites is 2. The highest BCUT2D eigenvalue weighted by Gasteiger charge is 2.52. The van der Waals surface area contributed by atoms with Crippen LogP contribution in [-0.2, 0) is 9.59 Å². The summed E-state index contributed by atoms with van der Waals surface area (Å²) in [5.41, 5.74) is 2.08. The van der Waals surface area contributed by atoms with E-state index in [1.807, 2.05) is 42.5 Å². The Morgan fingerprint density at radius 3 is 2.50 bits per heavy atom. The van der Waals surface area contributed by atoms with Crippen LogP contribution in [0.3, 0.4) is 0 Å². The van der Waals surface area contributed by atoms with E-state index in [4.69, 9.17) is 4.74 Å². The molecule has 28 heavy (non-hydrogen) atoms. The van der Waals surface area contributed by atoms with Crippen molar-refractivity contribution < 1.29 is 19.4 Å². The van der Waals surface area contributed by atoms with Gasteiger partial charge in [0.15, 0.2) is 0 Å². The van der Waals surface area contributed by atoms with Gasteiger partial charge in [0.2, 0.25) is 0 Å². The SMILES string of the molecule is O=C(O)C1Sc2sc(=O)n(-c3ccccc3)c2C2c3ccccc3OC(=O)C12. The lowest BCUT2D eigenvalue weighted by Crippen LogP contribution is -2.45. The monoisotopic (exact) mass is 411 g/mol. The van der Waals surface area contributed by atoms with Gasteiger partial charge in [-0.15, -0.1) is 0 Å². The number of hydrogen-bond acceptors (Lipinski definition) is 6. The van der Waals surface area contributed by atoms with Crippen LogP contribution in [0, 0.1) is 5.92 Å². The molecule has 0 spiro atoms. The molecule has 0 aliphatic carbocycles. The van der Waals surface area contributed by atoms with Crippen LogP contribution in [0.1, 0.15) is 17.2 Å². The zero-order valence-electron chi connectivity index (χ0n) is 14.3. The number of hydrogen-bond donors (Lipinski definition) is 1. The van der Waals surface area contributed by atoms with Gasteiger partial charge in [-0.2, -0.15) is 0 Å². The number of nitrogens with zero attached hydrogens (tertiary/aromatic N) is 1. The quantitative estimate of drug-likeness (QED) is 0.515. The van der Waals surface area contributed by atoms with Crippen LogP contribution in [0.4, 0.5) is 0 Å². The highest BCUT2D eigenvalue weighted by molar-refractivity contribution is 8.02. The predicted molar refractivity (Wildman–Crippen MR) is 105 cm³/mol. The summed E-state index contributed by atoms with van der Waals surface area (Å²) in [6, 6.07) is 16.3. The number of carbonyl (C=O) groups excluding carboxylic acids is 1. The van der Waals surface area contributed by atoms with Crippen molar-refractivity contribution in [2.24, 2.45) is 5.92 Å². The fourth-order valence-corrected chi connectivity index (χ4v) is 6.46. The molecule has 8 heteroatoms. The first kappa shape index (κ1) is 17.3. The Hall–Kier alpha value is -2.84. The molecular weight excluding hydrogens is 398 g/mol. The summed E-state index contributed by atoms with van der Waals surface area (Å²) < 4.78 is 7.68. The number of ether oxygens (including phenoxy) is 1. The highest BCUT2D eigenvalue weighted by Crippen LogP contribution is 2.54. The third kappa shape index (κ3) is 2.45. The molecule has 0 amide bonds. The standard InChI is InChI=1S/C20H13NO5S2/c22-17(23)16-14-13(11-8-4-5-9-12(11)26-18(14)24)15-19(27-16)28-20(25)21(15)10-6-2-1-3-7-10/h1-9,13-14,16H,(H,22,23). The number of carbonyl (C=O) groups is 2. The van der Waals surface area contributed by atoms with Crippen molar-refractivity contribution in [2.45, 2.75) is 15.4 Å². The van der Waals surface area contributed by atoms with E-state index in [-0.39, 0.29) is 4.87 Å². The Morgan fingerprint density at radius 2 is 1.75 bits per heavy atom. The Kier molecular flexibility index (Phi) is 3.92. The Bertz CT molecular complexity index is 1170. The maximum atomic E-state index is 12.9. The largest absolute Gasteiger partial charge is 0.480 e. The topological polar surface area (TPSA) is 85.6 Å². The van der Waals surface area contributed by atoms with Crippen molar-refractivity contribution in [3.63, 3.8) is 0 Å². The number of fused-ring (bicyclic) bond motifs is 5. The normalized spacial score (nSPS) is 22.6. The van der Waals surface area contributed by atoms with Crippen molar-refractivity contribution in [2.75, 3.05) is 0 Å². The zero-order chi connectivity index (χ0) is 19.4. The van der Waals surface area contributed by atoms with E-state index in [0.29, 0.717) is 21.3 Å². The number of aliphatic carboxylic acids is 1. The Morgan fingerprint density at radius 1 is 1.04 bits per heavy atom. The van der Waals surface area contributed by atoms with Crippen molar-refractivity contribution in [1.29, 1.82) is 0 Å². The Balaban J connectivity index is 1.83. The molecule has 5 rings (SSSR count). The summed E-state index contributed by atoms with van der Waals surface area (Å²) in [7, 11) is 0. The highest BCUT2D eigenvalue weighted by atomic mass is 32.2. The molecule has 0 saturated heterocycles. The predicted octanol–water partition coefficient (Wildman–Crippen LogP) is 3.13. The van der Waals surface area contributed by atoms with Gasteiger partial charge in [-0.25, -0.2) is 0 Å². The first-order valence-corrected chi connectivity index (χ1v) is 10.3. The van der Waals surface area contributed by atoms with Crippen LogP contribution in [-0.4, -0.2) is 26.9 Å². The first-order valence-electron chi connectivity index (χ1n) is 8.57. The molecule has 3 unspecified atom stereocenters. The minimum Gasteiger partial charge on any atom is -0.480 e. The number of thiazole rings is 1. The van der Waals surface area contributed by atoms with E-state index < -0.39 is 29.0 Å². The van der Waals surface area contributed by atoms with Gasteiger partial charge < -0.3 is 9.84 Å². The molecule has 2 aliphatic heterocycles. The van der Waals surface area contributed by atoms with Crippen molar-refractivity contribution >= 4 is 35.0 Å². The van der Waals surface area contributed by atoms with Crippen molar-refractivity contribution in [3.8, 4) is 11.4 Å². The van der Waals surface area contributed by atoms with E-state index in [1.54, 1.807) is 16.7 Å². The molecule has 3 atom stereocenters. The van der Waals surface area contributed by atoms with Crippen LogP contribution in [0.5, 0.6) is 5.75 Å². The van der Waals surface area contributed by atoms with Gasteiger partial charge in [0.25, 0.3) is 0 Å². The van der Waals surface area contributed by atoms with E-state index >= 15 is 0 Å². The summed E-state index contributed by atoms with van der Waals surface area (Å²) in [6.45, 7) is 0. The lowest BCUT2D eigenvalue weighted by atomic mass is 9.79. The average molecular weight is 411 g/mol. The van der Waals surface area contributed by atoms with Crippen molar-refractivity contribution in [1.82, 2.24) is 4.57 Å². The van der Waals surface area contributed by atoms with Crippen LogP contribution in [0.15, 0.2) is 63.6 Å². The summed E-state index contributed by atoms with van der Waals surface area (Å²) in [5.74, 6) is -2.72. The Labute approximate surface area is 167 Å². The molecule has 0 radical (unpaired) electrons. The number of carboxylic acid groups (broad SMARTS) is 1. The molecule has 3 aromatic rings. The molecular formula is C20H13NO5S2. The fraction of sp³-hybridized carbons (Fsp3) is 0.150. The number of carboxylic acids is 1. The maximum absolute atomic E-state index is 12.9. The van der Waals surface area contributed by atoms with Gasteiger partial charge in [-0.1, -0.05) is 59.5 Å². The van der Waals surface area contributed by atoms with Crippen LogP contribution >= 0.6 is 23.1 Å². The number of benzene rings is 2. The first-order chi connectivity index (χ1) is 13.6. The lowest BCUT2D eigenvalue weighted by molar-refractivity contribution is -0.147. The molecule has 0 bridgehead atoms. The zero-order valence-corrected chi connectivity index (χ0v) is 15.9. The number of aromatic nitrogens is 1. The molecule has 3 heterocycles. The number of rotatable bonds is 2. The summed E-state index contributed by atoms with van der Waals surface area (Å²) in [5, 5.41) is 8.74. The molecule has 1 N–H and O–H groups in total. The van der Waals surface area contributed by atoms with Gasteiger partial charge in [-0.3, -0.25) is 19.0 Å². The van der Waals surface area contributed by atoms with Gasteiger partial charge in [0, 0.05) is 17.2 Å². The van der Waals surface area contributed by atoms with Crippen LogP contribution in [0.25, 0.3) is 5.69 Å². The second-order valence-corrected chi connectivity index (χ2v) is 8.92. The van der Waals surface area contributed by atoms with E-state index in [9.17, 15) is 19.5 Å². The van der Waals surface area contributed by atoms with E-state index in [2.05, 4.69) is 0 Å². The molecule has 1 aromatic heterocycles. The third-order valence-corrected chi connectivity index (χ3v) is 7.48. The fourth-order valence-electron chi connectivity index (χ4n) is 3.88. The second-order valence-electron chi connectivity index (χ2n) is 6.55. The maximum Gasteiger partial charge on any atom is 0.317 e. The van der Waals surface area contributed by atoms with Gasteiger partial charge in [0.1, 0.15) is 11.0 Å². The summed E-state index contributed by atoms with van der Waals surface area (Å²) in [4.78, 5) is 37.4. The smallest absolute Gasteiger partial charge is 0.317 e. The number of esters is 1. The third-order valence-electron chi connectivity index (χ3n) is 5.02. The minimum atomic E-state index is -1.09. The second kappa shape index (κ2) is 6.35.